The number of aryl methyl sites for hydroxylation is 2. The second-order valence-corrected chi connectivity index (χ2v) is 8.80. The first-order valence-corrected chi connectivity index (χ1v) is 10.6. The van der Waals surface area contributed by atoms with Crippen LogP contribution < -0.4 is 4.31 Å². The predicted molar refractivity (Wildman–Crippen MR) is 114 cm³/mol. The number of rotatable bonds is 6. The fourth-order valence-electron chi connectivity index (χ4n) is 3.19. The van der Waals surface area contributed by atoms with Gasteiger partial charge in [-0.1, -0.05) is 48.0 Å². The Kier molecular flexibility index (Phi) is 5.70. The lowest BCUT2D eigenvalue weighted by Crippen LogP contribution is -2.33. The van der Waals surface area contributed by atoms with Gasteiger partial charge in [0.15, 0.2) is 0 Å². The third-order valence-electron chi connectivity index (χ3n) is 4.75. The monoisotopic (exact) mass is 410 g/mol. The number of benzene rings is 3. The minimum Gasteiger partial charge on any atom is -0.259 e. The predicted octanol–water partition coefficient (Wildman–Crippen LogP) is 5.17. The van der Waals surface area contributed by atoms with Crippen molar-refractivity contribution in [2.45, 2.75) is 31.7 Å². The number of non-ortho nitro benzene ring substituents is 1. The van der Waals surface area contributed by atoms with Crippen LogP contribution in [-0.4, -0.2) is 13.3 Å². The first-order chi connectivity index (χ1) is 13.7. The minimum atomic E-state index is -4.06. The van der Waals surface area contributed by atoms with E-state index < -0.39 is 21.0 Å². The van der Waals surface area contributed by atoms with E-state index in [0.717, 1.165) is 22.8 Å². The Morgan fingerprint density at radius 2 is 1.55 bits per heavy atom. The van der Waals surface area contributed by atoms with Crippen LogP contribution >= 0.6 is 0 Å². The molecule has 3 aromatic carbocycles. The molecule has 0 aliphatic heterocycles. The first-order valence-electron chi connectivity index (χ1n) is 9.12. The lowest BCUT2D eigenvalue weighted by atomic mass is 10.1. The zero-order valence-electron chi connectivity index (χ0n) is 16.4. The molecule has 7 heteroatoms. The van der Waals surface area contributed by atoms with Crippen molar-refractivity contribution >= 4 is 21.4 Å². The zero-order chi connectivity index (χ0) is 21.2. The molecule has 1 atom stereocenters. The molecular weight excluding hydrogens is 388 g/mol. The Bertz CT molecular complexity index is 1140. The van der Waals surface area contributed by atoms with Gasteiger partial charge in [-0.15, -0.1) is 0 Å². The molecule has 0 aromatic heterocycles. The molecule has 0 N–H and O–H groups in total. The fraction of sp³-hybridized carbons (Fsp3) is 0.182. The van der Waals surface area contributed by atoms with Crippen LogP contribution in [0.25, 0.3) is 0 Å². The SMILES string of the molecule is Cc1ccc([C@@H](C)N(c2cccc(C)c2)S(=O)(=O)c2cccc([N+](=O)[O-])c2)cc1. The highest BCUT2D eigenvalue weighted by molar-refractivity contribution is 7.92. The molecule has 0 radical (unpaired) electrons. The molecule has 3 aromatic rings. The third-order valence-corrected chi connectivity index (χ3v) is 6.65. The molecule has 6 nitrogen and oxygen atoms in total. The average molecular weight is 410 g/mol. The molecule has 29 heavy (non-hydrogen) atoms. The highest BCUT2D eigenvalue weighted by atomic mass is 32.2. The van der Waals surface area contributed by atoms with Crippen molar-refractivity contribution in [3.8, 4) is 0 Å². The summed E-state index contributed by atoms with van der Waals surface area (Å²) in [6.45, 7) is 5.66. The van der Waals surface area contributed by atoms with Crippen LogP contribution in [0.4, 0.5) is 11.4 Å². The molecular formula is C22H22N2O4S. The van der Waals surface area contributed by atoms with Gasteiger partial charge >= 0.3 is 0 Å². The summed E-state index contributed by atoms with van der Waals surface area (Å²) in [5.74, 6) is 0. The summed E-state index contributed by atoms with van der Waals surface area (Å²) in [6.07, 6.45) is 0. The zero-order valence-corrected chi connectivity index (χ0v) is 17.3. The fourth-order valence-corrected chi connectivity index (χ4v) is 4.86. The summed E-state index contributed by atoms with van der Waals surface area (Å²) in [7, 11) is -4.06. The molecule has 0 heterocycles. The van der Waals surface area contributed by atoms with E-state index in [0.29, 0.717) is 5.69 Å². The maximum Gasteiger partial charge on any atom is 0.270 e. The van der Waals surface area contributed by atoms with E-state index >= 15 is 0 Å². The maximum atomic E-state index is 13.6. The van der Waals surface area contributed by atoms with E-state index in [-0.39, 0.29) is 10.6 Å². The summed E-state index contributed by atoms with van der Waals surface area (Å²) >= 11 is 0. The molecule has 0 aliphatic carbocycles. The van der Waals surface area contributed by atoms with Crippen LogP contribution in [0.5, 0.6) is 0 Å². The second-order valence-electron chi connectivity index (χ2n) is 6.98. The van der Waals surface area contributed by atoms with Crippen molar-refractivity contribution in [3.63, 3.8) is 0 Å². The van der Waals surface area contributed by atoms with Crippen LogP contribution in [0, 0.1) is 24.0 Å². The standard InChI is InChI=1S/C22H22N2O4S/c1-16-10-12-19(13-11-16)18(3)23(20-7-4-6-17(2)14-20)29(27,28)22-9-5-8-21(15-22)24(25)26/h4-15,18H,1-3H3/t18-/m1/s1. The van der Waals surface area contributed by atoms with Gasteiger partial charge in [-0.05, 0) is 50.1 Å². The van der Waals surface area contributed by atoms with Crippen molar-refractivity contribution in [3.05, 3.63) is 99.6 Å². The van der Waals surface area contributed by atoms with Gasteiger partial charge in [0.25, 0.3) is 15.7 Å². The molecule has 3 rings (SSSR count). The Morgan fingerprint density at radius 1 is 0.897 bits per heavy atom. The van der Waals surface area contributed by atoms with Gasteiger partial charge in [0, 0.05) is 12.1 Å². The average Bonchev–Trinajstić information content (AvgIpc) is 2.68. The molecule has 0 saturated carbocycles. The first kappa shape index (κ1) is 20.5. The summed E-state index contributed by atoms with van der Waals surface area (Å²) in [6, 6.07) is 19.5. The Hall–Kier alpha value is -3.19. The van der Waals surface area contributed by atoms with E-state index in [1.165, 1.54) is 22.5 Å². The Labute approximate surface area is 170 Å². The molecule has 0 saturated heterocycles. The molecule has 0 bridgehead atoms. The molecule has 150 valence electrons. The van der Waals surface area contributed by atoms with E-state index in [2.05, 4.69) is 0 Å². The van der Waals surface area contributed by atoms with Gasteiger partial charge < -0.3 is 0 Å². The largest absolute Gasteiger partial charge is 0.270 e. The molecule has 0 unspecified atom stereocenters. The number of nitro groups is 1. The molecule has 0 fully saturated rings. The summed E-state index contributed by atoms with van der Waals surface area (Å²) in [5, 5.41) is 11.1. The van der Waals surface area contributed by atoms with Crippen molar-refractivity contribution in [2.24, 2.45) is 0 Å². The van der Waals surface area contributed by atoms with E-state index in [9.17, 15) is 18.5 Å². The van der Waals surface area contributed by atoms with E-state index in [1.54, 1.807) is 18.2 Å². The number of nitrogens with zero attached hydrogens (tertiary/aromatic N) is 2. The van der Waals surface area contributed by atoms with Crippen LogP contribution in [0.2, 0.25) is 0 Å². The van der Waals surface area contributed by atoms with E-state index in [1.807, 2.05) is 51.1 Å². The Morgan fingerprint density at radius 3 is 2.17 bits per heavy atom. The number of sulfonamides is 1. The van der Waals surface area contributed by atoms with Crippen LogP contribution in [0.3, 0.4) is 0 Å². The van der Waals surface area contributed by atoms with E-state index in [4.69, 9.17) is 0 Å². The topological polar surface area (TPSA) is 80.5 Å². The van der Waals surface area contributed by atoms with Crippen LogP contribution in [0.15, 0.2) is 77.7 Å². The quantitative estimate of drug-likeness (QED) is 0.415. The maximum absolute atomic E-state index is 13.6. The van der Waals surface area contributed by atoms with Gasteiger partial charge in [-0.3, -0.25) is 14.4 Å². The van der Waals surface area contributed by atoms with Gasteiger partial charge in [0.05, 0.1) is 21.5 Å². The number of anilines is 1. The van der Waals surface area contributed by atoms with Crippen molar-refractivity contribution in [1.29, 1.82) is 0 Å². The Balaban J connectivity index is 2.17. The summed E-state index contributed by atoms with van der Waals surface area (Å²) < 4.78 is 28.5. The van der Waals surface area contributed by atoms with Gasteiger partial charge in [-0.2, -0.15) is 0 Å². The van der Waals surface area contributed by atoms with Crippen molar-refractivity contribution in [1.82, 2.24) is 0 Å². The van der Waals surface area contributed by atoms with Gasteiger partial charge in [0.2, 0.25) is 0 Å². The van der Waals surface area contributed by atoms with Crippen molar-refractivity contribution in [2.75, 3.05) is 4.31 Å². The minimum absolute atomic E-state index is 0.118. The summed E-state index contributed by atoms with van der Waals surface area (Å²) in [4.78, 5) is 10.4. The number of hydrogen-bond acceptors (Lipinski definition) is 4. The van der Waals surface area contributed by atoms with Crippen LogP contribution in [0.1, 0.15) is 29.7 Å². The molecule has 0 aliphatic rings. The normalized spacial score (nSPS) is 12.4. The lowest BCUT2D eigenvalue weighted by Gasteiger charge is -2.31. The van der Waals surface area contributed by atoms with Crippen LogP contribution in [-0.2, 0) is 10.0 Å². The van der Waals surface area contributed by atoms with Gasteiger partial charge in [-0.25, -0.2) is 8.42 Å². The third kappa shape index (κ3) is 4.30. The number of hydrogen-bond donors (Lipinski definition) is 0. The highest BCUT2D eigenvalue weighted by Crippen LogP contribution is 2.34. The molecule has 0 spiro atoms. The van der Waals surface area contributed by atoms with Gasteiger partial charge in [0.1, 0.15) is 0 Å². The number of nitro benzene ring substituents is 1. The summed E-state index contributed by atoms with van der Waals surface area (Å²) in [5.41, 5.74) is 3.05. The second kappa shape index (κ2) is 8.05. The highest BCUT2D eigenvalue weighted by Gasteiger charge is 2.31. The molecule has 0 amide bonds. The lowest BCUT2D eigenvalue weighted by molar-refractivity contribution is -0.385. The smallest absolute Gasteiger partial charge is 0.259 e. The van der Waals surface area contributed by atoms with Crippen molar-refractivity contribution < 1.29 is 13.3 Å².